The van der Waals surface area contributed by atoms with Crippen molar-refractivity contribution in [3.8, 4) is 0 Å². The van der Waals surface area contributed by atoms with Gasteiger partial charge in [-0.3, -0.25) is 9.00 Å². The topological polar surface area (TPSA) is 74.9 Å². The van der Waals surface area contributed by atoms with Crippen molar-refractivity contribution in [2.24, 2.45) is 5.10 Å². The highest BCUT2D eigenvalue weighted by molar-refractivity contribution is 7.84. The fraction of sp³-hybridized carbons (Fsp3) is 0.280. The molecule has 32 heavy (non-hydrogen) atoms. The highest BCUT2D eigenvalue weighted by Gasteiger charge is 2.34. The van der Waals surface area contributed by atoms with E-state index in [1.165, 1.54) is 10.6 Å². The van der Waals surface area contributed by atoms with Gasteiger partial charge in [0, 0.05) is 35.3 Å². The maximum absolute atomic E-state index is 13.2. The summed E-state index contributed by atoms with van der Waals surface area (Å²) in [7, 11) is -1.01. The number of nitrogens with one attached hydrogen (secondary N) is 1. The number of hydrogen-bond donors (Lipinski definition) is 1. The summed E-state index contributed by atoms with van der Waals surface area (Å²) >= 11 is 0. The third kappa shape index (κ3) is 5.23. The van der Waals surface area contributed by atoms with Crippen molar-refractivity contribution in [2.75, 3.05) is 18.6 Å². The smallest absolute Gasteiger partial charge is 0.257 e. The summed E-state index contributed by atoms with van der Waals surface area (Å²) < 4.78 is 17.5. The van der Waals surface area contributed by atoms with Crippen molar-refractivity contribution in [1.29, 1.82) is 0 Å². The van der Waals surface area contributed by atoms with Crippen LogP contribution >= 0.6 is 0 Å². The molecule has 1 aromatic heterocycles. The first-order chi connectivity index (χ1) is 15.5. The van der Waals surface area contributed by atoms with Crippen molar-refractivity contribution in [3.63, 3.8) is 0 Å². The number of hydrogen-bond acceptors (Lipinski definition) is 5. The van der Waals surface area contributed by atoms with Crippen molar-refractivity contribution >= 4 is 22.4 Å². The predicted octanol–water partition coefficient (Wildman–Crippen LogP) is 3.98. The second-order valence-electron chi connectivity index (χ2n) is 7.97. The molecule has 0 aliphatic carbocycles. The maximum Gasteiger partial charge on any atom is 0.257 e. The lowest BCUT2D eigenvalue weighted by Gasteiger charge is -2.23. The number of carbonyl (C=O) groups excluding carboxylic acids is 1. The van der Waals surface area contributed by atoms with Crippen molar-refractivity contribution < 1.29 is 13.4 Å². The summed E-state index contributed by atoms with van der Waals surface area (Å²) in [5.74, 6) is 0.978. The Kier molecular flexibility index (Phi) is 6.97. The Labute approximate surface area is 190 Å². The Hall–Kier alpha value is -3.03. The molecule has 3 atom stereocenters. The number of aryl methyl sites for hydroxylation is 1. The van der Waals surface area contributed by atoms with E-state index in [1.807, 2.05) is 73.7 Å². The number of hydrazone groups is 1. The molecule has 1 aliphatic rings. The lowest BCUT2D eigenvalue weighted by atomic mass is 10.0. The summed E-state index contributed by atoms with van der Waals surface area (Å²) in [6.07, 6.45) is 3.87. The predicted molar refractivity (Wildman–Crippen MR) is 127 cm³/mol. The van der Waals surface area contributed by atoms with Crippen LogP contribution in [-0.4, -0.2) is 39.4 Å². The lowest BCUT2D eigenvalue weighted by molar-refractivity contribution is -0.132. The summed E-state index contributed by atoms with van der Waals surface area (Å²) in [5, 5.41) is 9.49. The van der Waals surface area contributed by atoms with Gasteiger partial charge in [0.15, 0.2) is 0 Å². The van der Waals surface area contributed by atoms with Gasteiger partial charge in [-0.1, -0.05) is 60.2 Å². The molecule has 2 aromatic carbocycles. The van der Waals surface area contributed by atoms with Crippen molar-refractivity contribution in [3.05, 3.63) is 95.4 Å². The molecule has 6 nitrogen and oxygen atoms in total. The zero-order valence-electron chi connectivity index (χ0n) is 18.2. The molecule has 7 heteroatoms. The molecule has 0 saturated carbocycles. The second kappa shape index (κ2) is 10.1. The Morgan fingerprint density at radius 3 is 2.56 bits per heavy atom. The van der Waals surface area contributed by atoms with Gasteiger partial charge in [0.1, 0.15) is 11.8 Å². The Bertz CT molecular complexity index is 1100. The summed E-state index contributed by atoms with van der Waals surface area (Å²) in [6.45, 7) is 2.12. The molecule has 0 bridgehead atoms. The zero-order valence-corrected chi connectivity index (χ0v) is 19.0. The largest absolute Gasteiger partial charge is 0.467 e. The number of furan rings is 1. The van der Waals surface area contributed by atoms with Crippen LogP contribution in [0.5, 0.6) is 0 Å². The van der Waals surface area contributed by atoms with Crippen LogP contribution < -0.4 is 5.32 Å². The maximum atomic E-state index is 13.2. The molecule has 0 unspecified atom stereocenters. The summed E-state index contributed by atoms with van der Waals surface area (Å²) in [4.78, 5) is 13.2. The Morgan fingerprint density at radius 1 is 1.16 bits per heavy atom. The van der Waals surface area contributed by atoms with Gasteiger partial charge in [-0.05, 0) is 30.2 Å². The molecule has 0 fully saturated rings. The summed E-state index contributed by atoms with van der Waals surface area (Å²) in [6, 6.07) is 21.1. The van der Waals surface area contributed by atoms with Gasteiger partial charge in [0.2, 0.25) is 0 Å². The lowest BCUT2D eigenvalue weighted by Crippen LogP contribution is -2.38. The van der Waals surface area contributed by atoms with Gasteiger partial charge < -0.3 is 9.73 Å². The van der Waals surface area contributed by atoms with E-state index in [2.05, 4.69) is 10.4 Å². The fourth-order valence-corrected chi connectivity index (χ4v) is 4.63. The van der Waals surface area contributed by atoms with Crippen LogP contribution in [0.25, 0.3) is 0 Å². The number of amides is 1. The normalized spacial score (nSPS) is 17.8. The van der Waals surface area contributed by atoms with Crippen LogP contribution in [0.2, 0.25) is 0 Å². The van der Waals surface area contributed by atoms with Gasteiger partial charge in [-0.15, -0.1) is 0 Å². The Morgan fingerprint density at radius 2 is 1.91 bits per heavy atom. The van der Waals surface area contributed by atoms with E-state index in [-0.39, 0.29) is 24.5 Å². The standard InChI is InChI=1S/C25H27N3O3S/c1-18-10-12-20(13-11-18)21-15-23(24-9-6-14-31-24)28(27-21)25(29)16-26-22(17-32(2)30)19-7-4-3-5-8-19/h3-14,22-23,26H,15-17H2,1-2H3/t22-,23+,32+/m1/s1. The number of rotatable bonds is 8. The minimum absolute atomic E-state index is 0.0820. The van der Waals surface area contributed by atoms with Crippen molar-refractivity contribution in [2.45, 2.75) is 25.4 Å². The molecule has 1 N–H and O–H groups in total. The third-order valence-electron chi connectivity index (χ3n) is 5.53. The SMILES string of the molecule is Cc1ccc(C2=NN(C(=O)CN[C@H](C[S@](C)=O)c3ccccc3)[C@H](c3ccco3)C2)cc1. The minimum atomic E-state index is -1.01. The van der Waals surface area contributed by atoms with E-state index < -0.39 is 10.8 Å². The quantitative estimate of drug-likeness (QED) is 0.565. The van der Waals surface area contributed by atoms with Gasteiger partial charge in [0.05, 0.1) is 18.5 Å². The molecule has 3 aromatic rings. The average Bonchev–Trinajstić information content (AvgIpc) is 3.47. The number of nitrogens with zero attached hydrogens (tertiary/aromatic N) is 2. The molecule has 4 rings (SSSR count). The summed E-state index contributed by atoms with van der Waals surface area (Å²) in [5.41, 5.74) is 4.03. The number of benzene rings is 2. The molecule has 0 spiro atoms. The zero-order chi connectivity index (χ0) is 22.5. The van der Waals surface area contributed by atoms with E-state index in [0.717, 1.165) is 16.8 Å². The first kappa shape index (κ1) is 22.2. The second-order valence-corrected chi connectivity index (χ2v) is 9.45. The Balaban J connectivity index is 1.53. The fourth-order valence-electron chi connectivity index (χ4n) is 3.85. The molecule has 166 valence electrons. The molecule has 1 aliphatic heterocycles. The van der Waals surface area contributed by atoms with Gasteiger partial charge in [-0.2, -0.15) is 5.10 Å². The van der Waals surface area contributed by atoms with Crippen LogP contribution in [0, 0.1) is 6.92 Å². The highest BCUT2D eigenvalue weighted by Crippen LogP contribution is 2.33. The molecule has 0 saturated heterocycles. The van der Waals surface area contributed by atoms with E-state index in [4.69, 9.17) is 4.42 Å². The van der Waals surface area contributed by atoms with E-state index in [9.17, 15) is 9.00 Å². The van der Waals surface area contributed by atoms with Gasteiger partial charge in [0.25, 0.3) is 5.91 Å². The molecular formula is C25H27N3O3S. The van der Waals surface area contributed by atoms with Crippen LogP contribution in [0.15, 0.2) is 82.5 Å². The minimum Gasteiger partial charge on any atom is -0.467 e. The first-order valence-corrected chi connectivity index (χ1v) is 12.3. The first-order valence-electron chi connectivity index (χ1n) is 10.6. The van der Waals surface area contributed by atoms with E-state index in [1.54, 1.807) is 12.5 Å². The van der Waals surface area contributed by atoms with Gasteiger partial charge >= 0.3 is 0 Å². The van der Waals surface area contributed by atoms with Crippen molar-refractivity contribution in [1.82, 2.24) is 10.3 Å². The van der Waals surface area contributed by atoms with E-state index >= 15 is 0 Å². The monoisotopic (exact) mass is 449 g/mol. The van der Waals surface area contributed by atoms with Crippen LogP contribution in [-0.2, 0) is 15.6 Å². The number of carbonyl (C=O) groups is 1. The molecular weight excluding hydrogens is 422 g/mol. The third-order valence-corrected chi connectivity index (χ3v) is 6.33. The van der Waals surface area contributed by atoms with Gasteiger partial charge in [-0.25, -0.2) is 5.01 Å². The molecule has 1 amide bonds. The van der Waals surface area contributed by atoms with Crippen LogP contribution in [0.1, 0.15) is 41.0 Å². The van der Waals surface area contributed by atoms with Crippen LogP contribution in [0.3, 0.4) is 0 Å². The molecule has 0 radical (unpaired) electrons. The molecule has 2 heterocycles. The van der Waals surface area contributed by atoms with E-state index in [0.29, 0.717) is 17.9 Å². The van der Waals surface area contributed by atoms with Crippen LogP contribution in [0.4, 0.5) is 0 Å². The average molecular weight is 450 g/mol. The highest BCUT2D eigenvalue weighted by atomic mass is 32.2.